The van der Waals surface area contributed by atoms with Gasteiger partial charge in [0.15, 0.2) is 0 Å². The van der Waals surface area contributed by atoms with E-state index in [4.69, 9.17) is 23.1 Å². The first-order valence-corrected chi connectivity index (χ1v) is 6.84. The Labute approximate surface area is 101 Å². The highest BCUT2D eigenvalue weighted by molar-refractivity contribution is 7.89. The van der Waals surface area contributed by atoms with Crippen molar-refractivity contribution in [3.05, 3.63) is 0 Å². The van der Waals surface area contributed by atoms with Gasteiger partial charge in [0.1, 0.15) is 0 Å². The summed E-state index contributed by atoms with van der Waals surface area (Å²) in [5.41, 5.74) is 4.52. The van der Waals surface area contributed by atoms with Gasteiger partial charge in [0.05, 0.1) is 16.2 Å². The van der Waals surface area contributed by atoms with Crippen LogP contribution in [0, 0.1) is 5.41 Å². The van der Waals surface area contributed by atoms with Gasteiger partial charge in [0, 0.05) is 6.54 Å². The number of hydrogen-bond donors (Lipinski definition) is 3. The number of nitrogens with two attached hydrogens (primary N) is 2. The first kappa shape index (κ1) is 15.3. The second-order valence-electron chi connectivity index (χ2n) is 3.67. The molecule has 1 amide bonds. The molecule has 0 fully saturated rings. The van der Waals surface area contributed by atoms with Gasteiger partial charge < -0.3 is 11.1 Å². The molecule has 0 rings (SSSR count). The number of primary sulfonamides is 1. The third kappa shape index (κ3) is 4.42. The summed E-state index contributed by atoms with van der Waals surface area (Å²) in [6, 6.07) is 0. The molecule has 0 aliphatic carbocycles. The lowest BCUT2D eigenvalue weighted by Gasteiger charge is -2.25. The third-order valence-electron chi connectivity index (χ3n) is 2.42. The molecule has 5 N–H and O–H groups in total. The predicted molar refractivity (Wildman–Crippen MR) is 66.2 cm³/mol. The molecule has 6 nitrogen and oxygen atoms in total. The Balaban J connectivity index is 4.41. The monoisotopic (exact) mass is 267 g/mol. The molecule has 0 radical (unpaired) electrons. The molecule has 0 aromatic carbocycles. The summed E-state index contributed by atoms with van der Waals surface area (Å²) in [5, 5.41) is 7.24. The van der Waals surface area contributed by atoms with Crippen LogP contribution in [0.2, 0.25) is 0 Å². The van der Waals surface area contributed by atoms with Crippen LogP contribution in [0.1, 0.15) is 20.3 Å². The van der Waals surface area contributed by atoms with E-state index in [9.17, 15) is 13.2 Å². The molecule has 0 saturated heterocycles. The Morgan fingerprint density at radius 1 is 1.50 bits per heavy atom. The first-order chi connectivity index (χ1) is 7.13. The quantitative estimate of drug-likeness (QED) is 0.539. The number of hydrogen-bond acceptors (Lipinski definition) is 4. The van der Waals surface area contributed by atoms with Gasteiger partial charge >= 0.3 is 0 Å². The van der Waals surface area contributed by atoms with Crippen LogP contribution in [0.5, 0.6) is 0 Å². The summed E-state index contributed by atoms with van der Waals surface area (Å²) in [4.78, 5) is 11.8. The Morgan fingerprint density at radius 2 is 2.00 bits per heavy atom. The number of sulfonamides is 1. The highest BCUT2D eigenvalue weighted by atomic mass is 32.2. The molecule has 0 spiro atoms. The number of carbonyl (C=O) groups is 1. The zero-order valence-electron chi connectivity index (χ0n) is 9.32. The van der Waals surface area contributed by atoms with E-state index in [-0.39, 0.29) is 23.2 Å². The van der Waals surface area contributed by atoms with Crippen molar-refractivity contribution in [2.45, 2.75) is 20.3 Å². The van der Waals surface area contributed by atoms with Gasteiger partial charge in [-0.05, 0) is 13.3 Å². The van der Waals surface area contributed by atoms with Crippen molar-refractivity contribution >= 4 is 33.1 Å². The van der Waals surface area contributed by atoms with Crippen molar-refractivity contribution in [2.75, 3.05) is 12.3 Å². The molecule has 94 valence electrons. The maximum absolute atomic E-state index is 11.7. The fourth-order valence-electron chi connectivity index (χ4n) is 0.949. The highest BCUT2D eigenvalue weighted by Gasteiger charge is 2.34. The maximum atomic E-state index is 11.7. The second kappa shape index (κ2) is 5.55. The topological polar surface area (TPSA) is 115 Å². The normalized spacial score (nSPS) is 15.2. The minimum absolute atomic E-state index is 0.0458. The lowest BCUT2D eigenvalue weighted by atomic mass is 9.86. The van der Waals surface area contributed by atoms with Gasteiger partial charge in [-0.3, -0.25) is 4.79 Å². The van der Waals surface area contributed by atoms with E-state index in [2.05, 4.69) is 5.32 Å². The molecule has 0 bridgehead atoms. The molecule has 0 aliphatic rings. The maximum Gasteiger partial charge on any atom is 0.232 e. The van der Waals surface area contributed by atoms with Gasteiger partial charge in [0.2, 0.25) is 15.9 Å². The van der Waals surface area contributed by atoms with E-state index in [1.54, 1.807) is 13.8 Å². The Hall–Kier alpha value is -0.730. The van der Waals surface area contributed by atoms with Crippen molar-refractivity contribution in [2.24, 2.45) is 16.3 Å². The molecule has 0 heterocycles. The smallest absolute Gasteiger partial charge is 0.232 e. The van der Waals surface area contributed by atoms with Gasteiger partial charge in [0.25, 0.3) is 0 Å². The zero-order chi connectivity index (χ0) is 13.0. The SMILES string of the molecule is CCC(C)(C(=O)NCCS(N)(=O)=O)C(N)=S. The number of amides is 1. The number of thiocarbonyl (C=S) groups is 1. The van der Waals surface area contributed by atoms with Crippen LogP contribution in [-0.2, 0) is 14.8 Å². The van der Waals surface area contributed by atoms with Crippen LogP contribution in [0.3, 0.4) is 0 Å². The summed E-state index contributed by atoms with van der Waals surface area (Å²) in [6.45, 7) is 3.34. The summed E-state index contributed by atoms with van der Waals surface area (Å²) in [5.74, 6) is -0.693. The molecule has 0 aliphatic heterocycles. The van der Waals surface area contributed by atoms with E-state index < -0.39 is 15.4 Å². The van der Waals surface area contributed by atoms with Gasteiger partial charge in [-0.2, -0.15) is 0 Å². The van der Waals surface area contributed by atoms with Gasteiger partial charge in [-0.1, -0.05) is 19.1 Å². The number of rotatable bonds is 6. The number of carbonyl (C=O) groups excluding carboxylic acids is 1. The average Bonchev–Trinajstić information content (AvgIpc) is 2.13. The molecule has 16 heavy (non-hydrogen) atoms. The molecule has 0 saturated carbocycles. The van der Waals surface area contributed by atoms with Gasteiger partial charge in [-0.15, -0.1) is 0 Å². The third-order valence-corrected chi connectivity index (χ3v) is 3.65. The fraction of sp³-hybridized carbons (Fsp3) is 0.750. The average molecular weight is 267 g/mol. The molecule has 1 atom stereocenters. The van der Waals surface area contributed by atoms with E-state index in [0.29, 0.717) is 6.42 Å². The minimum Gasteiger partial charge on any atom is -0.392 e. The molecular formula is C8H17N3O3S2. The van der Waals surface area contributed by atoms with Crippen molar-refractivity contribution in [3.63, 3.8) is 0 Å². The number of nitrogens with one attached hydrogen (secondary N) is 1. The summed E-state index contributed by atoms with van der Waals surface area (Å²) in [6.07, 6.45) is 0.448. The van der Waals surface area contributed by atoms with Crippen LogP contribution in [0.4, 0.5) is 0 Å². The lowest BCUT2D eigenvalue weighted by Crippen LogP contribution is -2.47. The molecule has 0 aromatic rings. The Bertz CT molecular complexity index is 380. The molecule has 8 heteroatoms. The minimum atomic E-state index is -3.57. The highest BCUT2D eigenvalue weighted by Crippen LogP contribution is 2.21. The molecule has 1 unspecified atom stereocenters. The standard InChI is InChI=1S/C8H17N3O3S2/c1-3-8(2,6(9)15)7(12)11-4-5-16(10,13)14/h3-5H2,1-2H3,(H2,9,15)(H,11,12)(H2,10,13,14). The Morgan fingerprint density at radius 3 is 2.31 bits per heavy atom. The van der Waals surface area contributed by atoms with Crippen LogP contribution in [-0.4, -0.2) is 31.6 Å². The van der Waals surface area contributed by atoms with E-state index in [1.165, 1.54) is 0 Å². The van der Waals surface area contributed by atoms with Crippen LogP contribution < -0.4 is 16.2 Å². The summed E-state index contributed by atoms with van der Waals surface area (Å²) in [7, 11) is -3.57. The molecule has 0 aromatic heterocycles. The molecular weight excluding hydrogens is 250 g/mol. The van der Waals surface area contributed by atoms with Crippen LogP contribution in [0.25, 0.3) is 0 Å². The van der Waals surface area contributed by atoms with E-state index in [1.807, 2.05) is 0 Å². The Kier molecular flexibility index (Phi) is 5.30. The summed E-state index contributed by atoms with van der Waals surface area (Å²) >= 11 is 4.80. The lowest BCUT2D eigenvalue weighted by molar-refractivity contribution is -0.126. The second-order valence-corrected chi connectivity index (χ2v) is 5.85. The fourth-order valence-corrected chi connectivity index (χ4v) is 1.57. The van der Waals surface area contributed by atoms with Crippen molar-refractivity contribution in [1.29, 1.82) is 0 Å². The first-order valence-electron chi connectivity index (χ1n) is 4.72. The van der Waals surface area contributed by atoms with E-state index >= 15 is 0 Å². The van der Waals surface area contributed by atoms with Crippen molar-refractivity contribution in [1.82, 2.24) is 5.32 Å². The van der Waals surface area contributed by atoms with Crippen LogP contribution >= 0.6 is 12.2 Å². The van der Waals surface area contributed by atoms with Gasteiger partial charge in [-0.25, -0.2) is 13.6 Å². The summed E-state index contributed by atoms with van der Waals surface area (Å²) < 4.78 is 21.3. The zero-order valence-corrected chi connectivity index (χ0v) is 11.0. The van der Waals surface area contributed by atoms with E-state index in [0.717, 1.165) is 0 Å². The van der Waals surface area contributed by atoms with Crippen LogP contribution in [0.15, 0.2) is 0 Å². The van der Waals surface area contributed by atoms with Crippen molar-refractivity contribution in [3.8, 4) is 0 Å². The largest absolute Gasteiger partial charge is 0.392 e. The van der Waals surface area contributed by atoms with Crippen molar-refractivity contribution < 1.29 is 13.2 Å². The predicted octanol–water partition coefficient (Wildman–Crippen LogP) is -0.906.